The molecule has 0 spiro atoms. The number of fused-ring (bicyclic) bond motifs is 1. The number of carbonyl (C=O) groups excluding carboxylic acids is 1. The number of carbonyl (C=O) groups is 1. The number of amides is 1. The fraction of sp³-hybridized carbons (Fsp3) is 0.231. The Morgan fingerprint density at radius 3 is 3.24 bits per heavy atom. The Kier molecular flexibility index (Phi) is 3.10. The Labute approximate surface area is 99.4 Å². The molecule has 1 atom stereocenters. The maximum Gasteiger partial charge on any atom is 0.251 e. The zero-order valence-corrected chi connectivity index (χ0v) is 9.53. The van der Waals surface area contributed by atoms with Gasteiger partial charge >= 0.3 is 0 Å². The summed E-state index contributed by atoms with van der Waals surface area (Å²) < 4.78 is 0. The van der Waals surface area contributed by atoms with Crippen molar-refractivity contribution < 1.29 is 4.79 Å². The molecule has 0 fully saturated rings. The molecule has 1 heterocycles. The summed E-state index contributed by atoms with van der Waals surface area (Å²) in [5, 5.41) is 2.84. The lowest BCUT2D eigenvalue weighted by atomic mass is 10.1. The molecule has 1 amide bonds. The molecule has 1 aromatic heterocycles. The fourth-order valence-corrected chi connectivity index (χ4v) is 1.61. The molecule has 0 radical (unpaired) electrons. The highest BCUT2D eigenvalue weighted by Crippen LogP contribution is 2.11. The summed E-state index contributed by atoms with van der Waals surface area (Å²) in [5.74, 6) is 2.40. The molecule has 0 bridgehead atoms. The van der Waals surface area contributed by atoms with Gasteiger partial charge in [-0.15, -0.1) is 12.3 Å². The summed E-state index contributed by atoms with van der Waals surface area (Å²) in [6, 6.07) is 5.32. The molecular formula is C13H13N3O. The number of imidazole rings is 1. The topological polar surface area (TPSA) is 57.8 Å². The van der Waals surface area contributed by atoms with Crippen LogP contribution in [0.5, 0.6) is 0 Å². The van der Waals surface area contributed by atoms with E-state index in [1.807, 2.05) is 13.0 Å². The van der Waals surface area contributed by atoms with E-state index >= 15 is 0 Å². The predicted molar refractivity (Wildman–Crippen MR) is 66.5 cm³/mol. The molecule has 1 unspecified atom stereocenters. The van der Waals surface area contributed by atoms with E-state index in [-0.39, 0.29) is 11.9 Å². The van der Waals surface area contributed by atoms with E-state index in [9.17, 15) is 4.79 Å². The minimum absolute atomic E-state index is 0.0232. The molecule has 17 heavy (non-hydrogen) atoms. The lowest BCUT2D eigenvalue weighted by Gasteiger charge is -2.10. The highest BCUT2D eigenvalue weighted by atomic mass is 16.1. The van der Waals surface area contributed by atoms with Crippen LogP contribution in [-0.2, 0) is 0 Å². The Morgan fingerprint density at radius 2 is 2.47 bits per heavy atom. The van der Waals surface area contributed by atoms with Gasteiger partial charge in [0.05, 0.1) is 17.4 Å². The van der Waals surface area contributed by atoms with Crippen LogP contribution in [0, 0.1) is 12.3 Å². The van der Waals surface area contributed by atoms with Gasteiger partial charge < -0.3 is 10.3 Å². The number of aromatic amines is 1. The van der Waals surface area contributed by atoms with Crippen molar-refractivity contribution in [3.63, 3.8) is 0 Å². The minimum atomic E-state index is -0.121. The van der Waals surface area contributed by atoms with Crippen molar-refractivity contribution in [1.29, 1.82) is 0 Å². The second-order valence-corrected chi connectivity index (χ2v) is 3.92. The number of benzene rings is 1. The fourth-order valence-electron chi connectivity index (χ4n) is 1.61. The summed E-state index contributed by atoms with van der Waals surface area (Å²) >= 11 is 0. The van der Waals surface area contributed by atoms with Crippen molar-refractivity contribution in [3.8, 4) is 12.3 Å². The van der Waals surface area contributed by atoms with Crippen molar-refractivity contribution >= 4 is 16.9 Å². The van der Waals surface area contributed by atoms with Crippen molar-refractivity contribution in [3.05, 3.63) is 30.1 Å². The molecule has 86 valence electrons. The molecule has 4 nitrogen and oxygen atoms in total. The number of hydrogen-bond acceptors (Lipinski definition) is 2. The molecule has 0 aliphatic carbocycles. The third kappa shape index (κ3) is 2.45. The largest absolute Gasteiger partial charge is 0.349 e. The van der Waals surface area contributed by atoms with E-state index in [2.05, 4.69) is 21.2 Å². The highest BCUT2D eigenvalue weighted by molar-refractivity contribution is 5.97. The van der Waals surface area contributed by atoms with Gasteiger partial charge in [-0.1, -0.05) is 0 Å². The second-order valence-electron chi connectivity index (χ2n) is 3.92. The van der Waals surface area contributed by atoms with E-state index < -0.39 is 0 Å². The van der Waals surface area contributed by atoms with Crippen LogP contribution in [0.2, 0.25) is 0 Å². The van der Waals surface area contributed by atoms with Crippen molar-refractivity contribution in [2.45, 2.75) is 19.4 Å². The summed E-state index contributed by atoms with van der Waals surface area (Å²) in [5.41, 5.74) is 2.30. The number of nitrogens with one attached hydrogen (secondary N) is 2. The third-order valence-electron chi connectivity index (χ3n) is 2.48. The molecule has 0 saturated heterocycles. The van der Waals surface area contributed by atoms with E-state index in [1.54, 1.807) is 18.5 Å². The van der Waals surface area contributed by atoms with E-state index in [0.717, 1.165) is 11.0 Å². The van der Waals surface area contributed by atoms with Gasteiger partial charge in [0.25, 0.3) is 5.91 Å². The van der Waals surface area contributed by atoms with Crippen LogP contribution in [0.25, 0.3) is 11.0 Å². The number of terminal acetylenes is 1. The molecule has 2 aromatic rings. The zero-order valence-electron chi connectivity index (χ0n) is 9.53. The monoisotopic (exact) mass is 227 g/mol. The first-order chi connectivity index (χ1) is 8.20. The Balaban J connectivity index is 2.16. The molecule has 2 N–H and O–H groups in total. The van der Waals surface area contributed by atoms with Crippen molar-refractivity contribution in [1.82, 2.24) is 15.3 Å². The summed E-state index contributed by atoms with van der Waals surface area (Å²) in [7, 11) is 0. The predicted octanol–water partition coefficient (Wildman–Crippen LogP) is 1.70. The first-order valence-electron chi connectivity index (χ1n) is 5.38. The first kappa shape index (κ1) is 11.2. The number of aromatic nitrogens is 2. The number of H-pyrrole nitrogens is 1. The average Bonchev–Trinajstić information content (AvgIpc) is 2.75. The second kappa shape index (κ2) is 4.71. The third-order valence-corrected chi connectivity index (χ3v) is 2.48. The van der Waals surface area contributed by atoms with Gasteiger partial charge in [0.1, 0.15) is 0 Å². The van der Waals surface area contributed by atoms with Gasteiger partial charge in [-0.05, 0) is 25.1 Å². The van der Waals surface area contributed by atoms with Crippen molar-refractivity contribution in [2.24, 2.45) is 0 Å². The van der Waals surface area contributed by atoms with Gasteiger partial charge in [0.15, 0.2) is 0 Å². The van der Waals surface area contributed by atoms with Crippen LogP contribution in [0.15, 0.2) is 24.5 Å². The number of rotatable bonds is 3. The van der Waals surface area contributed by atoms with E-state index in [0.29, 0.717) is 12.0 Å². The average molecular weight is 227 g/mol. The van der Waals surface area contributed by atoms with Gasteiger partial charge in [-0.25, -0.2) is 4.98 Å². The molecular weight excluding hydrogens is 214 g/mol. The molecule has 4 heteroatoms. The number of nitrogens with zero attached hydrogens (tertiary/aromatic N) is 1. The Morgan fingerprint density at radius 1 is 1.65 bits per heavy atom. The maximum absolute atomic E-state index is 11.9. The molecule has 2 rings (SSSR count). The SMILES string of the molecule is C#CCC(C)NC(=O)c1ccc2nc[nH]c2c1. The lowest BCUT2D eigenvalue weighted by Crippen LogP contribution is -2.32. The first-order valence-corrected chi connectivity index (χ1v) is 5.38. The molecule has 0 aliphatic heterocycles. The van der Waals surface area contributed by atoms with Crippen LogP contribution in [0.4, 0.5) is 0 Å². The molecule has 0 aliphatic rings. The lowest BCUT2D eigenvalue weighted by molar-refractivity contribution is 0.0941. The molecule has 1 aromatic carbocycles. The van der Waals surface area contributed by atoms with Gasteiger partial charge in [0, 0.05) is 18.0 Å². The Hall–Kier alpha value is -2.28. The summed E-state index contributed by atoms with van der Waals surface area (Å²) in [6.45, 7) is 1.88. The van der Waals surface area contributed by atoms with Gasteiger partial charge in [-0.3, -0.25) is 4.79 Å². The minimum Gasteiger partial charge on any atom is -0.349 e. The van der Waals surface area contributed by atoms with Crippen LogP contribution in [0.3, 0.4) is 0 Å². The quantitative estimate of drug-likeness (QED) is 0.784. The summed E-state index contributed by atoms with van der Waals surface area (Å²) in [4.78, 5) is 18.9. The van der Waals surface area contributed by atoms with Gasteiger partial charge in [0.2, 0.25) is 0 Å². The van der Waals surface area contributed by atoms with Gasteiger partial charge in [-0.2, -0.15) is 0 Å². The van der Waals surface area contributed by atoms with Crippen LogP contribution in [0.1, 0.15) is 23.7 Å². The van der Waals surface area contributed by atoms with Crippen LogP contribution < -0.4 is 5.32 Å². The zero-order chi connectivity index (χ0) is 12.3. The normalized spacial score (nSPS) is 12.0. The Bertz CT molecular complexity index is 580. The van der Waals surface area contributed by atoms with E-state index in [4.69, 9.17) is 6.42 Å². The maximum atomic E-state index is 11.9. The van der Waals surface area contributed by atoms with Crippen LogP contribution >= 0.6 is 0 Å². The van der Waals surface area contributed by atoms with Crippen molar-refractivity contribution in [2.75, 3.05) is 0 Å². The highest BCUT2D eigenvalue weighted by Gasteiger charge is 2.09. The number of hydrogen-bond donors (Lipinski definition) is 2. The molecule has 0 saturated carbocycles. The van der Waals surface area contributed by atoms with E-state index in [1.165, 1.54) is 0 Å². The van der Waals surface area contributed by atoms with Crippen LogP contribution in [-0.4, -0.2) is 21.9 Å². The standard InChI is InChI=1S/C13H13N3O/c1-3-4-9(2)16-13(17)10-5-6-11-12(7-10)15-8-14-11/h1,5-9H,4H2,2H3,(H,14,15)(H,16,17). The summed E-state index contributed by atoms with van der Waals surface area (Å²) in [6.07, 6.45) is 7.32. The smallest absolute Gasteiger partial charge is 0.251 e.